The third-order valence-corrected chi connectivity index (χ3v) is 3.97. The number of carbonyl (C=O) groups is 2. The van der Waals surface area contributed by atoms with Crippen LogP contribution in [0.3, 0.4) is 0 Å². The average molecular weight is 302 g/mol. The number of primary amides is 1. The van der Waals surface area contributed by atoms with Crippen LogP contribution in [-0.2, 0) is 19.4 Å². The fraction of sp³-hybridized carbons (Fsp3) is 0.333. The lowest BCUT2D eigenvalue weighted by molar-refractivity contribution is -0.118. The van der Waals surface area contributed by atoms with Gasteiger partial charge in [-0.15, -0.1) is 0 Å². The molecule has 6 nitrogen and oxygen atoms in total. The molecule has 0 saturated heterocycles. The summed E-state index contributed by atoms with van der Waals surface area (Å²) in [5.74, 6) is -2.73. The summed E-state index contributed by atoms with van der Waals surface area (Å²) in [5.41, 5.74) is 5.20. The van der Waals surface area contributed by atoms with E-state index in [0.717, 1.165) is 12.1 Å². The van der Waals surface area contributed by atoms with Crippen molar-refractivity contribution in [2.45, 2.75) is 12.8 Å². The predicted octanol–water partition coefficient (Wildman–Crippen LogP) is 0.444. The van der Waals surface area contributed by atoms with Gasteiger partial charge in [-0.25, -0.2) is 12.8 Å². The number of sulfone groups is 1. The van der Waals surface area contributed by atoms with Crippen molar-refractivity contribution < 1.29 is 22.4 Å². The summed E-state index contributed by atoms with van der Waals surface area (Å²) < 4.78 is 35.8. The van der Waals surface area contributed by atoms with E-state index in [2.05, 4.69) is 5.32 Å². The van der Waals surface area contributed by atoms with E-state index in [0.29, 0.717) is 5.69 Å². The molecule has 0 aliphatic carbocycles. The van der Waals surface area contributed by atoms with Crippen molar-refractivity contribution in [3.8, 4) is 0 Å². The van der Waals surface area contributed by atoms with E-state index in [9.17, 15) is 22.4 Å². The Hall–Kier alpha value is -1.96. The van der Waals surface area contributed by atoms with E-state index in [1.807, 2.05) is 0 Å². The topological polar surface area (TPSA) is 106 Å². The summed E-state index contributed by atoms with van der Waals surface area (Å²) in [4.78, 5) is 22.0. The van der Waals surface area contributed by atoms with Gasteiger partial charge in [0.1, 0.15) is 11.6 Å². The maximum absolute atomic E-state index is 12.7. The standard InChI is InChI=1S/C12H15FN2O4S/c13-9-3-5-10(6-4-9)15-12(17)8-20(18,19)7-1-2-11(14)16/h3-6H,1-2,7-8H2,(H2,14,16)(H,15,17). The molecule has 1 aromatic rings. The zero-order chi connectivity index (χ0) is 15.2. The van der Waals surface area contributed by atoms with Gasteiger partial charge in [0.25, 0.3) is 0 Å². The summed E-state index contributed by atoms with van der Waals surface area (Å²) >= 11 is 0. The van der Waals surface area contributed by atoms with Crippen LogP contribution in [0.1, 0.15) is 12.8 Å². The first-order valence-electron chi connectivity index (χ1n) is 5.83. The van der Waals surface area contributed by atoms with Gasteiger partial charge in [0.05, 0.1) is 5.75 Å². The highest BCUT2D eigenvalue weighted by molar-refractivity contribution is 7.92. The lowest BCUT2D eigenvalue weighted by Crippen LogP contribution is -2.25. The van der Waals surface area contributed by atoms with E-state index in [1.54, 1.807) is 0 Å². The average Bonchev–Trinajstić information content (AvgIpc) is 2.30. The Morgan fingerprint density at radius 3 is 2.35 bits per heavy atom. The van der Waals surface area contributed by atoms with Gasteiger partial charge in [0.15, 0.2) is 9.84 Å². The fourth-order valence-corrected chi connectivity index (χ4v) is 2.67. The van der Waals surface area contributed by atoms with Gasteiger partial charge in [-0.1, -0.05) is 0 Å². The molecular weight excluding hydrogens is 287 g/mol. The van der Waals surface area contributed by atoms with E-state index < -0.39 is 33.2 Å². The number of benzene rings is 1. The Morgan fingerprint density at radius 1 is 1.20 bits per heavy atom. The molecule has 0 aliphatic rings. The molecule has 0 radical (unpaired) electrons. The third-order valence-electron chi connectivity index (χ3n) is 2.36. The quantitative estimate of drug-likeness (QED) is 0.762. The molecule has 0 atom stereocenters. The van der Waals surface area contributed by atoms with Crippen LogP contribution in [0.25, 0.3) is 0 Å². The SMILES string of the molecule is NC(=O)CCCS(=O)(=O)CC(=O)Nc1ccc(F)cc1. The van der Waals surface area contributed by atoms with Crippen molar-refractivity contribution in [3.05, 3.63) is 30.1 Å². The first kappa shape index (κ1) is 16.1. The number of amides is 2. The number of hydrogen-bond acceptors (Lipinski definition) is 4. The maximum Gasteiger partial charge on any atom is 0.239 e. The zero-order valence-electron chi connectivity index (χ0n) is 10.6. The molecule has 0 spiro atoms. The molecule has 0 aliphatic heterocycles. The normalized spacial score (nSPS) is 11.1. The van der Waals surface area contributed by atoms with E-state index in [-0.39, 0.29) is 18.6 Å². The maximum atomic E-state index is 12.7. The van der Waals surface area contributed by atoms with Gasteiger partial charge < -0.3 is 11.1 Å². The van der Waals surface area contributed by atoms with Crippen molar-refractivity contribution >= 4 is 27.3 Å². The van der Waals surface area contributed by atoms with Crippen molar-refractivity contribution in [2.75, 3.05) is 16.8 Å². The van der Waals surface area contributed by atoms with Gasteiger partial charge in [-0.3, -0.25) is 9.59 Å². The fourth-order valence-electron chi connectivity index (χ4n) is 1.47. The molecule has 20 heavy (non-hydrogen) atoms. The minimum Gasteiger partial charge on any atom is -0.370 e. The highest BCUT2D eigenvalue weighted by atomic mass is 32.2. The van der Waals surface area contributed by atoms with Crippen molar-refractivity contribution in [1.82, 2.24) is 0 Å². The monoisotopic (exact) mass is 302 g/mol. The van der Waals surface area contributed by atoms with Crippen LogP contribution in [0, 0.1) is 5.82 Å². The molecule has 3 N–H and O–H groups in total. The smallest absolute Gasteiger partial charge is 0.239 e. The number of anilines is 1. The Bertz CT molecular complexity index is 584. The summed E-state index contributed by atoms with van der Waals surface area (Å²) in [6, 6.07) is 4.95. The molecule has 8 heteroatoms. The third kappa shape index (κ3) is 6.28. The molecule has 0 unspecified atom stereocenters. The highest BCUT2D eigenvalue weighted by Gasteiger charge is 2.17. The summed E-state index contributed by atoms with van der Waals surface area (Å²) in [5, 5.41) is 2.35. The zero-order valence-corrected chi connectivity index (χ0v) is 11.5. The van der Waals surface area contributed by atoms with E-state index in [1.165, 1.54) is 12.1 Å². The van der Waals surface area contributed by atoms with Crippen molar-refractivity contribution in [1.29, 1.82) is 0 Å². The Balaban J connectivity index is 2.48. The van der Waals surface area contributed by atoms with E-state index in [4.69, 9.17) is 5.73 Å². The van der Waals surface area contributed by atoms with Crippen LogP contribution in [0.15, 0.2) is 24.3 Å². The Labute approximate surface area is 116 Å². The minimum absolute atomic E-state index is 0.0428. The molecule has 0 saturated carbocycles. The largest absolute Gasteiger partial charge is 0.370 e. The minimum atomic E-state index is -3.60. The molecule has 0 fully saturated rings. The summed E-state index contributed by atoms with van der Waals surface area (Å²) in [7, 11) is -3.60. The number of nitrogens with two attached hydrogens (primary N) is 1. The lowest BCUT2D eigenvalue weighted by Gasteiger charge is -2.06. The van der Waals surface area contributed by atoms with Crippen LogP contribution in [0.4, 0.5) is 10.1 Å². The lowest BCUT2D eigenvalue weighted by atomic mass is 10.3. The number of hydrogen-bond donors (Lipinski definition) is 2. The molecule has 1 aromatic carbocycles. The molecule has 110 valence electrons. The first-order chi connectivity index (χ1) is 9.28. The molecular formula is C12H15FN2O4S. The van der Waals surface area contributed by atoms with Crippen LogP contribution in [0.5, 0.6) is 0 Å². The van der Waals surface area contributed by atoms with E-state index >= 15 is 0 Å². The molecule has 2 amide bonds. The molecule has 0 heterocycles. The van der Waals surface area contributed by atoms with Gasteiger partial charge >= 0.3 is 0 Å². The first-order valence-corrected chi connectivity index (χ1v) is 7.65. The second kappa shape index (κ2) is 6.99. The molecule has 0 bridgehead atoms. The van der Waals surface area contributed by atoms with Gasteiger partial charge in [0.2, 0.25) is 11.8 Å². The van der Waals surface area contributed by atoms with Crippen LogP contribution in [0.2, 0.25) is 0 Å². The molecule has 0 aromatic heterocycles. The number of carbonyl (C=O) groups excluding carboxylic acids is 2. The Kier molecular flexibility index (Phi) is 5.63. The second-order valence-corrected chi connectivity index (χ2v) is 6.40. The van der Waals surface area contributed by atoms with Crippen LogP contribution < -0.4 is 11.1 Å². The van der Waals surface area contributed by atoms with Gasteiger partial charge in [-0.05, 0) is 30.7 Å². The van der Waals surface area contributed by atoms with Gasteiger partial charge in [-0.2, -0.15) is 0 Å². The van der Waals surface area contributed by atoms with Crippen molar-refractivity contribution in [3.63, 3.8) is 0 Å². The summed E-state index contributed by atoms with van der Waals surface area (Å²) in [6.45, 7) is 0. The summed E-state index contributed by atoms with van der Waals surface area (Å²) in [6.07, 6.45) is 0.0420. The second-order valence-electron chi connectivity index (χ2n) is 4.22. The number of rotatable bonds is 7. The highest BCUT2D eigenvalue weighted by Crippen LogP contribution is 2.08. The number of halogens is 1. The molecule has 1 rings (SSSR count). The number of nitrogens with one attached hydrogen (secondary N) is 1. The Morgan fingerprint density at radius 2 is 1.80 bits per heavy atom. The van der Waals surface area contributed by atoms with Crippen molar-refractivity contribution in [2.24, 2.45) is 5.73 Å². The van der Waals surface area contributed by atoms with Crippen LogP contribution >= 0.6 is 0 Å². The van der Waals surface area contributed by atoms with Gasteiger partial charge in [0, 0.05) is 12.1 Å². The predicted molar refractivity (Wildman–Crippen MR) is 72.1 cm³/mol. The van der Waals surface area contributed by atoms with Crippen LogP contribution in [-0.4, -0.2) is 31.7 Å².